The lowest BCUT2D eigenvalue weighted by Crippen LogP contribution is -2.33. The maximum atomic E-state index is 12.2. The third kappa shape index (κ3) is 3.90. The van der Waals surface area contributed by atoms with Gasteiger partial charge in [-0.05, 0) is 24.8 Å². The highest BCUT2D eigenvalue weighted by Gasteiger charge is 2.14. The maximum absolute atomic E-state index is 12.2. The van der Waals surface area contributed by atoms with Crippen molar-refractivity contribution in [1.29, 1.82) is 0 Å². The molecule has 0 aromatic carbocycles. The van der Waals surface area contributed by atoms with Crippen molar-refractivity contribution in [2.45, 2.75) is 33.1 Å². The highest BCUT2D eigenvalue weighted by molar-refractivity contribution is 7.14. The average molecular weight is 308 g/mol. The Morgan fingerprint density at radius 2 is 2.20 bits per heavy atom. The molecule has 0 spiro atoms. The Bertz CT molecular complexity index is 534. The molecule has 0 saturated heterocycles. The van der Waals surface area contributed by atoms with Crippen LogP contribution < -0.4 is 0 Å². The number of carbonyl (C=O) groups excluding carboxylic acids is 1. The van der Waals surface area contributed by atoms with Crippen molar-refractivity contribution in [2.75, 3.05) is 13.1 Å². The zero-order valence-corrected chi connectivity index (χ0v) is 13.6. The molecule has 1 amide bonds. The van der Waals surface area contributed by atoms with Crippen LogP contribution in [-0.4, -0.2) is 28.9 Å². The lowest BCUT2D eigenvalue weighted by atomic mass is 10.2. The van der Waals surface area contributed by atoms with Crippen LogP contribution in [0.15, 0.2) is 22.2 Å². The van der Waals surface area contributed by atoms with Crippen LogP contribution in [0, 0.1) is 0 Å². The molecule has 3 nitrogen and oxygen atoms in total. The number of unbranched alkanes of at least 4 members (excludes halogenated alkanes) is 1. The van der Waals surface area contributed by atoms with Gasteiger partial charge in [-0.2, -0.15) is 11.3 Å². The Morgan fingerprint density at radius 3 is 2.85 bits per heavy atom. The summed E-state index contributed by atoms with van der Waals surface area (Å²) < 4.78 is 0. The largest absolute Gasteiger partial charge is 0.343 e. The molecular weight excluding hydrogens is 288 g/mol. The van der Waals surface area contributed by atoms with Crippen LogP contribution in [0.3, 0.4) is 0 Å². The molecule has 2 heterocycles. The lowest BCUT2D eigenvalue weighted by molar-refractivity contribution is -0.130. The summed E-state index contributed by atoms with van der Waals surface area (Å²) in [7, 11) is 0. The summed E-state index contributed by atoms with van der Waals surface area (Å²) in [5.74, 6) is 0.183. The fourth-order valence-corrected chi connectivity index (χ4v) is 3.51. The predicted octanol–water partition coefficient (Wildman–Crippen LogP) is 4.06. The molecule has 0 aliphatic rings. The summed E-state index contributed by atoms with van der Waals surface area (Å²) in [5, 5.41) is 7.14. The molecule has 0 aliphatic carbocycles. The first-order valence-corrected chi connectivity index (χ1v) is 8.81. The molecule has 2 aromatic rings. The van der Waals surface area contributed by atoms with Crippen molar-refractivity contribution in [3.05, 3.63) is 27.9 Å². The van der Waals surface area contributed by atoms with E-state index in [1.54, 1.807) is 22.7 Å². The van der Waals surface area contributed by atoms with Gasteiger partial charge in [-0.15, -0.1) is 11.3 Å². The number of likely N-dealkylation sites (N-methyl/N-ethyl adjacent to an activating group) is 1. The van der Waals surface area contributed by atoms with Crippen molar-refractivity contribution in [2.24, 2.45) is 0 Å². The summed E-state index contributed by atoms with van der Waals surface area (Å²) in [6.45, 7) is 5.81. The molecule has 0 unspecified atom stereocenters. The first-order chi connectivity index (χ1) is 9.74. The van der Waals surface area contributed by atoms with Gasteiger partial charge in [-0.3, -0.25) is 4.79 Å². The molecular formula is C15H20N2OS2. The van der Waals surface area contributed by atoms with E-state index >= 15 is 0 Å². The molecule has 5 heteroatoms. The normalized spacial score (nSPS) is 10.7. The van der Waals surface area contributed by atoms with E-state index in [0.717, 1.165) is 42.2 Å². The third-order valence-corrected chi connectivity index (χ3v) is 4.79. The minimum absolute atomic E-state index is 0.183. The van der Waals surface area contributed by atoms with Crippen molar-refractivity contribution in [1.82, 2.24) is 9.88 Å². The number of thiophene rings is 1. The van der Waals surface area contributed by atoms with Gasteiger partial charge in [0.15, 0.2) is 0 Å². The Balaban J connectivity index is 1.97. The zero-order chi connectivity index (χ0) is 14.4. The van der Waals surface area contributed by atoms with Crippen molar-refractivity contribution in [3.63, 3.8) is 0 Å². The van der Waals surface area contributed by atoms with Gasteiger partial charge in [0, 0.05) is 29.4 Å². The standard InChI is InChI=1S/C15H20N2OS2/c1-3-5-7-17(4-2)14(18)9-13-11-20-15(16-13)12-6-8-19-10-12/h6,8,10-11H,3-5,7,9H2,1-2H3. The Hall–Kier alpha value is -1.20. The molecule has 0 saturated carbocycles. The Morgan fingerprint density at radius 1 is 1.35 bits per heavy atom. The third-order valence-electron chi connectivity index (χ3n) is 3.17. The summed E-state index contributed by atoms with van der Waals surface area (Å²) in [6.07, 6.45) is 2.60. The van der Waals surface area contributed by atoms with Crippen molar-refractivity contribution < 1.29 is 4.79 Å². The summed E-state index contributed by atoms with van der Waals surface area (Å²) in [6, 6.07) is 2.06. The van der Waals surface area contributed by atoms with Crippen LogP contribution in [0.2, 0.25) is 0 Å². The van der Waals surface area contributed by atoms with E-state index in [2.05, 4.69) is 23.4 Å². The minimum atomic E-state index is 0.183. The Labute approximate surface area is 128 Å². The maximum Gasteiger partial charge on any atom is 0.228 e. The number of amides is 1. The predicted molar refractivity (Wildman–Crippen MR) is 86.3 cm³/mol. The van der Waals surface area contributed by atoms with E-state index in [4.69, 9.17) is 0 Å². The first kappa shape index (κ1) is 15.2. The molecule has 2 aromatic heterocycles. The van der Waals surface area contributed by atoms with Crippen LogP contribution >= 0.6 is 22.7 Å². The van der Waals surface area contributed by atoms with Gasteiger partial charge in [0.05, 0.1) is 12.1 Å². The lowest BCUT2D eigenvalue weighted by Gasteiger charge is -2.20. The zero-order valence-electron chi connectivity index (χ0n) is 12.0. The molecule has 0 radical (unpaired) electrons. The number of rotatable bonds is 7. The van der Waals surface area contributed by atoms with Gasteiger partial charge in [0.1, 0.15) is 5.01 Å². The molecule has 0 bridgehead atoms. The van der Waals surface area contributed by atoms with Gasteiger partial charge < -0.3 is 4.90 Å². The van der Waals surface area contributed by atoms with Gasteiger partial charge >= 0.3 is 0 Å². The van der Waals surface area contributed by atoms with E-state index in [1.807, 2.05) is 22.6 Å². The first-order valence-electron chi connectivity index (χ1n) is 6.99. The van der Waals surface area contributed by atoms with Gasteiger partial charge in [-0.1, -0.05) is 13.3 Å². The molecule has 0 aliphatic heterocycles. The molecule has 0 atom stereocenters. The number of thiazole rings is 1. The van der Waals surface area contributed by atoms with Crippen LogP contribution in [0.5, 0.6) is 0 Å². The van der Waals surface area contributed by atoms with Gasteiger partial charge in [-0.25, -0.2) is 4.98 Å². The van der Waals surface area contributed by atoms with Crippen LogP contribution in [0.4, 0.5) is 0 Å². The van der Waals surface area contributed by atoms with Gasteiger partial charge in [0.2, 0.25) is 5.91 Å². The molecule has 0 fully saturated rings. The van der Waals surface area contributed by atoms with Crippen molar-refractivity contribution in [3.8, 4) is 10.6 Å². The van der Waals surface area contributed by atoms with Gasteiger partial charge in [0.25, 0.3) is 0 Å². The summed E-state index contributed by atoms with van der Waals surface area (Å²) in [4.78, 5) is 18.7. The number of hydrogen-bond donors (Lipinski definition) is 0. The Kier molecular flexibility index (Phi) is 5.73. The smallest absolute Gasteiger partial charge is 0.228 e. The van der Waals surface area contributed by atoms with E-state index < -0.39 is 0 Å². The van der Waals surface area contributed by atoms with Crippen LogP contribution in [0.1, 0.15) is 32.4 Å². The SMILES string of the molecule is CCCCN(CC)C(=O)Cc1csc(-c2ccsc2)n1. The fraction of sp³-hybridized carbons (Fsp3) is 0.467. The van der Waals surface area contributed by atoms with Crippen molar-refractivity contribution >= 4 is 28.6 Å². The molecule has 108 valence electrons. The summed E-state index contributed by atoms with van der Waals surface area (Å²) in [5.41, 5.74) is 2.04. The highest BCUT2D eigenvalue weighted by atomic mass is 32.1. The second kappa shape index (κ2) is 7.55. The van der Waals surface area contributed by atoms with E-state index in [9.17, 15) is 4.79 Å². The number of carbonyl (C=O) groups is 1. The monoisotopic (exact) mass is 308 g/mol. The van der Waals surface area contributed by atoms with E-state index in [1.165, 1.54) is 0 Å². The molecule has 20 heavy (non-hydrogen) atoms. The number of aromatic nitrogens is 1. The number of nitrogens with zero attached hydrogens (tertiary/aromatic N) is 2. The second-order valence-electron chi connectivity index (χ2n) is 4.66. The van der Waals surface area contributed by atoms with E-state index in [-0.39, 0.29) is 5.91 Å². The van der Waals surface area contributed by atoms with Crippen LogP contribution in [0.25, 0.3) is 10.6 Å². The highest BCUT2D eigenvalue weighted by Crippen LogP contribution is 2.25. The average Bonchev–Trinajstić information content (AvgIpc) is 3.09. The summed E-state index contributed by atoms with van der Waals surface area (Å²) >= 11 is 3.28. The topological polar surface area (TPSA) is 33.2 Å². The quantitative estimate of drug-likeness (QED) is 0.772. The molecule has 2 rings (SSSR count). The number of hydrogen-bond acceptors (Lipinski definition) is 4. The second-order valence-corrected chi connectivity index (χ2v) is 6.30. The fourth-order valence-electron chi connectivity index (χ4n) is 1.98. The minimum Gasteiger partial charge on any atom is -0.343 e. The van der Waals surface area contributed by atoms with E-state index in [0.29, 0.717) is 6.42 Å². The van der Waals surface area contributed by atoms with Crippen LogP contribution in [-0.2, 0) is 11.2 Å². The molecule has 0 N–H and O–H groups in total.